The third kappa shape index (κ3) is 4.20. The molecule has 0 saturated carbocycles. The van der Waals surface area contributed by atoms with Crippen molar-refractivity contribution in [2.45, 2.75) is 13.0 Å². The lowest BCUT2D eigenvalue weighted by Gasteiger charge is -2.19. The number of urea groups is 1. The number of nitrogens with zero attached hydrogens (tertiary/aromatic N) is 1. The summed E-state index contributed by atoms with van der Waals surface area (Å²) in [6, 6.07) is 5.98. The number of hydrogen-bond acceptors (Lipinski definition) is 3. The number of carbonyl (C=O) groups excluding carboxylic acids is 2. The fraction of sp³-hybridized carbons (Fsp3) is 0.357. The molecular weight excluding hydrogens is 274 g/mol. The fourth-order valence-corrected chi connectivity index (χ4v) is 2.03. The Morgan fingerprint density at radius 1 is 1.29 bits per heavy atom. The number of carboxylic acid groups (broad SMARTS) is 1. The van der Waals surface area contributed by atoms with Crippen molar-refractivity contribution >= 4 is 17.9 Å². The molecule has 1 fully saturated rings. The Morgan fingerprint density at radius 3 is 2.67 bits per heavy atom. The standard InChI is InChI=1S/C14H17N3O4/c18-12-9-17(7-1-6-15-12)14(21)16-8-10-2-4-11(5-3-10)13(19)20/h2-5H,1,6-9H2,(H,15,18)(H,16,21)(H,19,20). The second-order valence-electron chi connectivity index (χ2n) is 4.79. The molecule has 0 bridgehead atoms. The van der Waals surface area contributed by atoms with Crippen molar-refractivity contribution in [1.29, 1.82) is 0 Å². The minimum absolute atomic E-state index is 0.0593. The first-order chi connectivity index (χ1) is 10.1. The molecule has 2 rings (SSSR count). The topological polar surface area (TPSA) is 98.7 Å². The van der Waals surface area contributed by atoms with E-state index in [9.17, 15) is 14.4 Å². The molecule has 0 aromatic heterocycles. The van der Waals surface area contributed by atoms with Crippen molar-refractivity contribution in [1.82, 2.24) is 15.5 Å². The molecule has 1 aromatic rings. The smallest absolute Gasteiger partial charge is 0.335 e. The van der Waals surface area contributed by atoms with Crippen molar-refractivity contribution < 1.29 is 19.5 Å². The zero-order valence-corrected chi connectivity index (χ0v) is 11.5. The van der Waals surface area contributed by atoms with Crippen LogP contribution in [0.4, 0.5) is 4.79 Å². The van der Waals surface area contributed by atoms with Gasteiger partial charge in [-0.2, -0.15) is 0 Å². The van der Waals surface area contributed by atoms with Crippen LogP contribution in [0.5, 0.6) is 0 Å². The van der Waals surface area contributed by atoms with Gasteiger partial charge in [0.2, 0.25) is 5.91 Å². The van der Waals surface area contributed by atoms with Gasteiger partial charge in [0, 0.05) is 19.6 Å². The third-order valence-corrected chi connectivity index (χ3v) is 3.19. The van der Waals surface area contributed by atoms with Gasteiger partial charge >= 0.3 is 12.0 Å². The predicted octanol–water partition coefficient (Wildman–Crippen LogP) is 0.416. The number of carbonyl (C=O) groups is 3. The van der Waals surface area contributed by atoms with E-state index in [0.717, 1.165) is 12.0 Å². The maximum atomic E-state index is 12.0. The van der Waals surface area contributed by atoms with E-state index in [4.69, 9.17) is 5.11 Å². The number of benzene rings is 1. The Morgan fingerprint density at radius 2 is 2.00 bits per heavy atom. The van der Waals surface area contributed by atoms with Crippen molar-refractivity contribution in [3.63, 3.8) is 0 Å². The van der Waals surface area contributed by atoms with Crippen LogP contribution >= 0.6 is 0 Å². The summed E-state index contributed by atoms with van der Waals surface area (Å²) in [7, 11) is 0. The quantitative estimate of drug-likeness (QED) is 0.751. The van der Waals surface area contributed by atoms with Crippen molar-refractivity contribution in [3.05, 3.63) is 35.4 Å². The molecule has 1 heterocycles. The highest BCUT2D eigenvalue weighted by Crippen LogP contribution is 2.05. The number of amides is 3. The zero-order valence-electron chi connectivity index (χ0n) is 11.5. The van der Waals surface area contributed by atoms with Crippen LogP contribution in [0.25, 0.3) is 0 Å². The molecular formula is C14H17N3O4. The highest BCUT2D eigenvalue weighted by molar-refractivity contribution is 5.87. The molecule has 1 aromatic carbocycles. The van der Waals surface area contributed by atoms with Crippen LogP contribution in [0.2, 0.25) is 0 Å². The maximum Gasteiger partial charge on any atom is 0.335 e. The normalized spacial score (nSPS) is 15.0. The molecule has 7 heteroatoms. The Bertz CT molecular complexity index is 542. The molecule has 7 nitrogen and oxygen atoms in total. The summed E-state index contributed by atoms with van der Waals surface area (Å²) < 4.78 is 0. The first kappa shape index (κ1) is 14.8. The summed E-state index contributed by atoms with van der Waals surface area (Å²) in [4.78, 5) is 35.6. The van der Waals surface area contributed by atoms with Gasteiger partial charge in [0.05, 0.1) is 5.56 Å². The van der Waals surface area contributed by atoms with E-state index in [2.05, 4.69) is 10.6 Å². The van der Waals surface area contributed by atoms with Gasteiger partial charge < -0.3 is 20.6 Å². The molecule has 1 aliphatic heterocycles. The summed E-state index contributed by atoms with van der Waals surface area (Å²) in [6.45, 7) is 1.46. The minimum atomic E-state index is -0.985. The first-order valence-corrected chi connectivity index (χ1v) is 6.68. The minimum Gasteiger partial charge on any atom is -0.478 e. The van der Waals surface area contributed by atoms with E-state index in [1.165, 1.54) is 17.0 Å². The van der Waals surface area contributed by atoms with Gasteiger partial charge in [-0.25, -0.2) is 9.59 Å². The Labute approximate surface area is 121 Å². The molecule has 1 saturated heterocycles. The largest absolute Gasteiger partial charge is 0.478 e. The van der Waals surface area contributed by atoms with Gasteiger partial charge in [0.25, 0.3) is 0 Å². The van der Waals surface area contributed by atoms with E-state index in [-0.39, 0.29) is 30.6 Å². The van der Waals surface area contributed by atoms with E-state index >= 15 is 0 Å². The molecule has 3 N–H and O–H groups in total. The first-order valence-electron chi connectivity index (χ1n) is 6.68. The number of aromatic carboxylic acids is 1. The van der Waals surface area contributed by atoms with Crippen molar-refractivity contribution in [2.24, 2.45) is 0 Å². The van der Waals surface area contributed by atoms with Gasteiger partial charge in [-0.3, -0.25) is 4.79 Å². The number of carboxylic acids is 1. The van der Waals surface area contributed by atoms with Crippen LogP contribution < -0.4 is 10.6 Å². The van der Waals surface area contributed by atoms with Crippen LogP contribution in [0, 0.1) is 0 Å². The number of rotatable bonds is 3. The van der Waals surface area contributed by atoms with E-state index in [1.807, 2.05) is 0 Å². The molecule has 1 aliphatic rings. The zero-order chi connectivity index (χ0) is 15.2. The lowest BCUT2D eigenvalue weighted by molar-refractivity contribution is -0.121. The summed E-state index contributed by atoms with van der Waals surface area (Å²) in [5.41, 5.74) is 1.00. The Kier molecular flexibility index (Phi) is 4.76. The van der Waals surface area contributed by atoms with Gasteiger partial charge in [0.1, 0.15) is 6.54 Å². The van der Waals surface area contributed by atoms with Crippen molar-refractivity contribution in [2.75, 3.05) is 19.6 Å². The van der Waals surface area contributed by atoms with Gasteiger partial charge in [-0.05, 0) is 24.1 Å². The van der Waals surface area contributed by atoms with Gasteiger partial charge in [-0.15, -0.1) is 0 Å². The van der Waals surface area contributed by atoms with Crippen LogP contribution in [-0.4, -0.2) is 47.5 Å². The summed E-state index contributed by atoms with van der Waals surface area (Å²) >= 11 is 0. The average Bonchev–Trinajstić information content (AvgIpc) is 2.70. The van der Waals surface area contributed by atoms with Crippen molar-refractivity contribution in [3.8, 4) is 0 Å². The summed E-state index contributed by atoms with van der Waals surface area (Å²) in [6.07, 6.45) is 0.729. The Hall–Kier alpha value is -2.57. The molecule has 0 spiro atoms. The molecule has 0 radical (unpaired) electrons. The number of nitrogens with one attached hydrogen (secondary N) is 2. The second kappa shape index (κ2) is 6.74. The molecule has 0 aliphatic carbocycles. The van der Waals surface area contributed by atoms with Gasteiger partial charge in [0.15, 0.2) is 0 Å². The van der Waals surface area contributed by atoms with E-state index in [0.29, 0.717) is 13.1 Å². The third-order valence-electron chi connectivity index (χ3n) is 3.19. The highest BCUT2D eigenvalue weighted by atomic mass is 16.4. The second-order valence-corrected chi connectivity index (χ2v) is 4.79. The molecule has 21 heavy (non-hydrogen) atoms. The lowest BCUT2D eigenvalue weighted by atomic mass is 10.1. The average molecular weight is 291 g/mol. The van der Waals surface area contributed by atoms with Crippen LogP contribution in [0.15, 0.2) is 24.3 Å². The van der Waals surface area contributed by atoms with Crippen LogP contribution in [0.1, 0.15) is 22.3 Å². The van der Waals surface area contributed by atoms with Crippen LogP contribution in [0.3, 0.4) is 0 Å². The van der Waals surface area contributed by atoms with Gasteiger partial charge in [-0.1, -0.05) is 12.1 Å². The monoisotopic (exact) mass is 291 g/mol. The molecule has 0 unspecified atom stereocenters. The summed E-state index contributed by atoms with van der Waals surface area (Å²) in [5, 5.41) is 14.2. The SMILES string of the molecule is O=C1CN(C(=O)NCc2ccc(C(=O)O)cc2)CCCN1. The molecule has 112 valence electrons. The van der Waals surface area contributed by atoms with Crippen LogP contribution in [-0.2, 0) is 11.3 Å². The van der Waals surface area contributed by atoms with E-state index in [1.54, 1.807) is 12.1 Å². The van der Waals surface area contributed by atoms with E-state index < -0.39 is 5.97 Å². The number of hydrogen-bond donors (Lipinski definition) is 3. The predicted molar refractivity (Wildman–Crippen MR) is 74.8 cm³/mol. The highest BCUT2D eigenvalue weighted by Gasteiger charge is 2.19. The Balaban J connectivity index is 1.88. The molecule has 3 amide bonds. The fourth-order valence-electron chi connectivity index (χ4n) is 2.03. The molecule has 0 atom stereocenters. The summed E-state index contributed by atoms with van der Waals surface area (Å²) in [5.74, 6) is -1.14. The lowest BCUT2D eigenvalue weighted by Crippen LogP contribution is -2.43. The maximum absolute atomic E-state index is 12.0.